The van der Waals surface area contributed by atoms with Crippen molar-refractivity contribution in [1.82, 2.24) is 14.9 Å². The molecule has 1 saturated carbocycles. The third-order valence-corrected chi connectivity index (χ3v) is 3.78. The van der Waals surface area contributed by atoms with E-state index in [0.717, 1.165) is 11.5 Å². The number of carbonyl (C=O) groups excluding carboxylic acids is 1. The second-order valence-corrected chi connectivity index (χ2v) is 5.44. The summed E-state index contributed by atoms with van der Waals surface area (Å²) in [4.78, 5) is 21.7. The monoisotopic (exact) mass is 276 g/mol. The molecule has 1 N–H and O–H groups in total. The summed E-state index contributed by atoms with van der Waals surface area (Å²) in [5.74, 6) is 1.57. The fourth-order valence-corrected chi connectivity index (χ4v) is 2.42. The average Bonchev–Trinajstić information content (AvgIpc) is 3.30. The van der Waals surface area contributed by atoms with Crippen LogP contribution in [0.25, 0.3) is 0 Å². The van der Waals surface area contributed by atoms with Crippen molar-refractivity contribution in [2.24, 2.45) is 0 Å². The summed E-state index contributed by atoms with van der Waals surface area (Å²) in [6, 6.07) is 2.02. The highest BCUT2D eigenvalue weighted by molar-refractivity contribution is 5.73. The molecule has 1 amide bonds. The summed E-state index contributed by atoms with van der Waals surface area (Å²) in [6.07, 6.45) is 4.09. The first-order valence-corrected chi connectivity index (χ1v) is 7.15. The molecule has 20 heavy (non-hydrogen) atoms. The molecule has 0 aromatic carbocycles. The molecule has 1 aliphatic carbocycles. The van der Waals surface area contributed by atoms with Gasteiger partial charge in [-0.15, -0.1) is 0 Å². The van der Waals surface area contributed by atoms with Crippen LogP contribution in [0.3, 0.4) is 0 Å². The highest BCUT2D eigenvalue weighted by atomic mass is 16.5. The third kappa shape index (κ3) is 3.25. The number of nitrogens with zero attached hydrogens (tertiary/aromatic N) is 3. The van der Waals surface area contributed by atoms with Crippen LogP contribution in [0.2, 0.25) is 0 Å². The van der Waals surface area contributed by atoms with E-state index in [-0.39, 0.29) is 12.0 Å². The van der Waals surface area contributed by atoms with E-state index in [1.54, 1.807) is 13.3 Å². The van der Waals surface area contributed by atoms with Gasteiger partial charge in [-0.05, 0) is 12.8 Å². The van der Waals surface area contributed by atoms with Crippen molar-refractivity contribution in [1.29, 1.82) is 0 Å². The minimum absolute atomic E-state index is 0.0204. The molecule has 1 atom stereocenters. The lowest BCUT2D eigenvalue weighted by Crippen LogP contribution is -2.47. The predicted octanol–water partition coefficient (Wildman–Crippen LogP) is 1.01. The number of rotatable bonds is 4. The van der Waals surface area contributed by atoms with Crippen LogP contribution in [0.15, 0.2) is 12.4 Å². The number of hydrogen-bond donors (Lipinski definition) is 1. The summed E-state index contributed by atoms with van der Waals surface area (Å²) in [7, 11) is 0. The molecule has 1 saturated heterocycles. The molecule has 3 rings (SSSR count). The van der Waals surface area contributed by atoms with Crippen molar-refractivity contribution in [2.45, 2.75) is 31.8 Å². The Bertz CT molecular complexity index is 490. The van der Waals surface area contributed by atoms with Gasteiger partial charge in [0.1, 0.15) is 12.1 Å². The van der Waals surface area contributed by atoms with Crippen LogP contribution in [0, 0.1) is 0 Å². The molecule has 6 nitrogen and oxygen atoms in total. The molecule has 2 aliphatic rings. The number of aromatic nitrogens is 2. The Morgan fingerprint density at radius 2 is 2.35 bits per heavy atom. The van der Waals surface area contributed by atoms with Crippen LogP contribution in [0.4, 0.5) is 5.82 Å². The minimum Gasteiger partial charge on any atom is -0.373 e. The highest BCUT2D eigenvalue weighted by Crippen LogP contribution is 2.39. The van der Waals surface area contributed by atoms with Crippen molar-refractivity contribution < 1.29 is 9.53 Å². The number of amides is 1. The van der Waals surface area contributed by atoms with Gasteiger partial charge in [-0.2, -0.15) is 0 Å². The lowest BCUT2D eigenvalue weighted by molar-refractivity contribution is -0.135. The van der Waals surface area contributed by atoms with Gasteiger partial charge in [0.25, 0.3) is 0 Å². The maximum atomic E-state index is 11.4. The highest BCUT2D eigenvalue weighted by Gasteiger charge is 2.25. The maximum absolute atomic E-state index is 11.4. The van der Waals surface area contributed by atoms with Crippen molar-refractivity contribution >= 4 is 11.7 Å². The molecule has 2 heterocycles. The quantitative estimate of drug-likeness (QED) is 0.889. The number of nitrogens with one attached hydrogen (secondary N) is 1. The van der Waals surface area contributed by atoms with Gasteiger partial charge in [0.15, 0.2) is 0 Å². The van der Waals surface area contributed by atoms with Gasteiger partial charge in [0, 0.05) is 44.2 Å². The SMILES string of the molecule is CC(=O)N1CCO[C@@H](CNc2cc(C3CC3)ncn2)C1. The number of morpholine rings is 1. The minimum atomic E-state index is 0.0204. The van der Waals surface area contributed by atoms with Crippen LogP contribution in [0.5, 0.6) is 0 Å². The first kappa shape index (κ1) is 13.3. The molecule has 1 aromatic heterocycles. The predicted molar refractivity (Wildman–Crippen MR) is 74.5 cm³/mol. The topological polar surface area (TPSA) is 67.3 Å². The molecular formula is C14H20N4O2. The Labute approximate surface area is 118 Å². The fraction of sp³-hybridized carbons (Fsp3) is 0.643. The second-order valence-electron chi connectivity index (χ2n) is 5.44. The van der Waals surface area contributed by atoms with Crippen LogP contribution in [0.1, 0.15) is 31.4 Å². The summed E-state index contributed by atoms with van der Waals surface area (Å²) in [6.45, 7) is 4.18. The molecule has 1 aliphatic heterocycles. The average molecular weight is 276 g/mol. The number of carbonyl (C=O) groups is 1. The van der Waals surface area contributed by atoms with E-state index >= 15 is 0 Å². The van der Waals surface area contributed by atoms with Gasteiger partial charge in [-0.1, -0.05) is 0 Å². The Balaban J connectivity index is 1.53. The first-order chi connectivity index (χ1) is 9.72. The van der Waals surface area contributed by atoms with Crippen molar-refractivity contribution in [2.75, 3.05) is 31.6 Å². The zero-order valence-electron chi connectivity index (χ0n) is 11.7. The van der Waals surface area contributed by atoms with Gasteiger partial charge in [-0.25, -0.2) is 9.97 Å². The zero-order valence-corrected chi connectivity index (χ0v) is 11.7. The smallest absolute Gasteiger partial charge is 0.219 e. The third-order valence-electron chi connectivity index (χ3n) is 3.78. The Kier molecular flexibility index (Phi) is 3.82. The van der Waals surface area contributed by atoms with E-state index < -0.39 is 0 Å². The Morgan fingerprint density at radius 1 is 1.50 bits per heavy atom. The van der Waals surface area contributed by atoms with Crippen LogP contribution >= 0.6 is 0 Å². The van der Waals surface area contributed by atoms with Crippen LogP contribution in [-0.4, -0.2) is 53.1 Å². The molecule has 0 radical (unpaired) electrons. The van der Waals surface area contributed by atoms with E-state index in [1.165, 1.54) is 12.8 Å². The molecule has 0 unspecified atom stereocenters. The molecular weight excluding hydrogens is 256 g/mol. The van der Waals surface area contributed by atoms with E-state index in [9.17, 15) is 4.79 Å². The van der Waals surface area contributed by atoms with E-state index in [4.69, 9.17) is 4.74 Å². The Morgan fingerprint density at radius 3 is 3.10 bits per heavy atom. The van der Waals surface area contributed by atoms with Crippen molar-refractivity contribution in [3.63, 3.8) is 0 Å². The number of anilines is 1. The molecule has 108 valence electrons. The van der Waals surface area contributed by atoms with Crippen molar-refractivity contribution in [3.8, 4) is 0 Å². The maximum Gasteiger partial charge on any atom is 0.219 e. The first-order valence-electron chi connectivity index (χ1n) is 7.15. The van der Waals surface area contributed by atoms with Gasteiger partial charge in [-0.3, -0.25) is 4.79 Å². The standard InChI is InChI=1S/C14H20N4O2/c1-10(19)18-4-5-20-12(8-18)7-15-14-6-13(11-2-3-11)16-9-17-14/h6,9,11-12H,2-5,7-8H2,1H3,(H,15,16,17)/t12-/m0/s1. The normalized spacial score (nSPS) is 22.6. The fourth-order valence-electron chi connectivity index (χ4n) is 2.42. The Hall–Kier alpha value is -1.69. The zero-order chi connectivity index (χ0) is 13.9. The van der Waals surface area contributed by atoms with Gasteiger partial charge in [0.2, 0.25) is 5.91 Å². The lowest BCUT2D eigenvalue weighted by atomic mass is 10.2. The number of ether oxygens (including phenoxy) is 1. The van der Waals surface area contributed by atoms with Gasteiger partial charge < -0.3 is 15.0 Å². The summed E-state index contributed by atoms with van der Waals surface area (Å²) in [5.41, 5.74) is 1.12. The molecule has 6 heteroatoms. The van der Waals surface area contributed by atoms with E-state index in [0.29, 0.717) is 32.2 Å². The lowest BCUT2D eigenvalue weighted by Gasteiger charge is -2.32. The molecule has 1 aromatic rings. The molecule has 0 spiro atoms. The van der Waals surface area contributed by atoms with Crippen molar-refractivity contribution in [3.05, 3.63) is 18.1 Å². The van der Waals surface area contributed by atoms with E-state index in [2.05, 4.69) is 15.3 Å². The molecule has 0 bridgehead atoms. The second kappa shape index (κ2) is 5.75. The number of hydrogen-bond acceptors (Lipinski definition) is 5. The van der Waals surface area contributed by atoms with Gasteiger partial charge in [0.05, 0.1) is 12.7 Å². The largest absolute Gasteiger partial charge is 0.373 e. The van der Waals surface area contributed by atoms with Gasteiger partial charge >= 0.3 is 0 Å². The van der Waals surface area contributed by atoms with Crippen LogP contribution in [-0.2, 0) is 9.53 Å². The summed E-state index contributed by atoms with van der Waals surface area (Å²) >= 11 is 0. The summed E-state index contributed by atoms with van der Waals surface area (Å²) in [5, 5.41) is 3.28. The van der Waals surface area contributed by atoms with E-state index in [1.807, 2.05) is 11.0 Å². The molecule has 2 fully saturated rings. The summed E-state index contributed by atoms with van der Waals surface area (Å²) < 4.78 is 5.67. The van der Waals surface area contributed by atoms with Crippen LogP contribution < -0.4 is 5.32 Å².